The predicted octanol–water partition coefficient (Wildman–Crippen LogP) is 3.16. The maximum Gasteiger partial charge on any atom is 0.262 e. The zero-order valence-corrected chi connectivity index (χ0v) is 16.8. The van der Waals surface area contributed by atoms with Crippen LogP contribution in [0.5, 0.6) is 5.75 Å². The second kappa shape index (κ2) is 8.05. The van der Waals surface area contributed by atoms with Gasteiger partial charge in [0, 0.05) is 18.6 Å². The highest BCUT2D eigenvalue weighted by Gasteiger charge is 2.18. The van der Waals surface area contributed by atoms with Crippen molar-refractivity contribution in [2.24, 2.45) is 0 Å². The number of sulfonamides is 1. The van der Waals surface area contributed by atoms with E-state index in [1.807, 2.05) is 0 Å². The number of carbonyl (C=O) groups is 1. The molecule has 0 aliphatic heterocycles. The van der Waals surface area contributed by atoms with E-state index >= 15 is 0 Å². The Hall–Kier alpha value is -2.13. The molecule has 0 bridgehead atoms. The normalized spacial score (nSPS) is 11.1. The zero-order valence-electron chi connectivity index (χ0n) is 14.4. The van der Waals surface area contributed by atoms with E-state index in [2.05, 4.69) is 20.7 Å². The summed E-state index contributed by atoms with van der Waals surface area (Å²) in [5, 5.41) is 0. The topological polar surface area (TPSA) is 75.7 Å². The van der Waals surface area contributed by atoms with Crippen LogP contribution in [0.3, 0.4) is 0 Å². The predicted molar refractivity (Wildman–Crippen MR) is 100 cm³/mol. The molecule has 0 aliphatic rings. The van der Waals surface area contributed by atoms with Crippen molar-refractivity contribution in [1.29, 1.82) is 0 Å². The fourth-order valence-electron chi connectivity index (χ4n) is 2.00. The van der Waals surface area contributed by atoms with E-state index in [1.165, 1.54) is 41.3 Å². The number of carbonyl (C=O) groups excluding carboxylic acids is 1. The standard InChI is InChI=1S/C17H18BrFN2O4S/c1-11-8-13(5-7-16(11)25-10-17(22)21(2)3)26(23,24)20-15-6-4-12(18)9-14(15)19/h4-9,20H,10H2,1-3H3. The second-order valence-electron chi connectivity index (χ2n) is 5.73. The Morgan fingerprint density at radius 2 is 1.92 bits per heavy atom. The maximum atomic E-state index is 13.9. The van der Waals surface area contributed by atoms with Crippen LogP contribution in [0.2, 0.25) is 0 Å². The average Bonchev–Trinajstić information content (AvgIpc) is 2.55. The van der Waals surface area contributed by atoms with Crippen LogP contribution in [0.15, 0.2) is 45.8 Å². The number of anilines is 1. The van der Waals surface area contributed by atoms with E-state index in [-0.39, 0.29) is 23.1 Å². The molecular weight excluding hydrogens is 427 g/mol. The molecule has 2 aromatic carbocycles. The Morgan fingerprint density at radius 1 is 1.23 bits per heavy atom. The number of nitrogens with one attached hydrogen (secondary N) is 1. The maximum absolute atomic E-state index is 13.9. The number of ether oxygens (including phenoxy) is 1. The molecular formula is C17H18BrFN2O4S. The van der Waals surface area contributed by atoms with Crippen LogP contribution in [0, 0.1) is 12.7 Å². The van der Waals surface area contributed by atoms with Crippen molar-refractivity contribution in [2.75, 3.05) is 25.4 Å². The number of rotatable bonds is 6. The van der Waals surface area contributed by atoms with Gasteiger partial charge in [0.25, 0.3) is 15.9 Å². The molecule has 6 nitrogen and oxygen atoms in total. The summed E-state index contributed by atoms with van der Waals surface area (Å²) in [5.74, 6) is -0.510. The van der Waals surface area contributed by atoms with Crippen molar-refractivity contribution in [3.05, 3.63) is 52.3 Å². The van der Waals surface area contributed by atoms with Gasteiger partial charge in [-0.25, -0.2) is 12.8 Å². The molecule has 0 saturated carbocycles. The Bertz CT molecular complexity index is 932. The summed E-state index contributed by atoms with van der Waals surface area (Å²) >= 11 is 3.11. The minimum absolute atomic E-state index is 0.0383. The van der Waals surface area contributed by atoms with Gasteiger partial charge in [-0.15, -0.1) is 0 Å². The number of benzene rings is 2. The van der Waals surface area contributed by atoms with Crippen LogP contribution in [-0.2, 0) is 14.8 Å². The fourth-order valence-corrected chi connectivity index (χ4v) is 3.48. The number of amides is 1. The molecule has 0 aromatic heterocycles. The molecule has 9 heteroatoms. The van der Waals surface area contributed by atoms with Gasteiger partial charge in [-0.1, -0.05) is 15.9 Å². The summed E-state index contributed by atoms with van der Waals surface area (Å²) in [4.78, 5) is 12.9. The third kappa shape index (κ3) is 4.95. The lowest BCUT2D eigenvalue weighted by Crippen LogP contribution is -2.27. The molecule has 0 unspecified atom stereocenters. The second-order valence-corrected chi connectivity index (χ2v) is 8.33. The van der Waals surface area contributed by atoms with Crippen molar-refractivity contribution in [3.63, 3.8) is 0 Å². The number of halogens is 2. The Morgan fingerprint density at radius 3 is 2.50 bits per heavy atom. The van der Waals surface area contributed by atoms with E-state index in [0.29, 0.717) is 15.8 Å². The van der Waals surface area contributed by atoms with Gasteiger partial charge in [-0.3, -0.25) is 9.52 Å². The first-order chi connectivity index (χ1) is 12.1. The summed E-state index contributed by atoms with van der Waals surface area (Å²) < 4.78 is 46.9. The van der Waals surface area contributed by atoms with Gasteiger partial charge >= 0.3 is 0 Å². The monoisotopic (exact) mass is 444 g/mol. The fraction of sp³-hybridized carbons (Fsp3) is 0.235. The number of hydrogen-bond donors (Lipinski definition) is 1. The first-order valence-corrected chi connectivity index (χ1v) is 9.79. The van der Waals surface area contributed by atoms with Crippen LogP contribution in [0.1, 0.15) is 5.56 Å². The van der Waals surface area contributed by atoms with E-state index in [1.54, 1.807) is 21.0 Å². The SMILES string of the molecule is Cc1cc(S(=O)(=O)Nc2ccc(Br)cc2F)ccc1OCC(=O)N(C)C. The first kappa shape index (κ1) is 20.2. The van der Waals surface area contributed by atoms with Crippen LogP contribution >= 0.6 is 15.9 Å². The lowest BCUT2D eigenvalue weighted by molar-refractivity contribution is -0.130. The van der Waals surface area contributed by atoms with Crippen molar-refractivity contribution < 1.29 is 22.3 Å². The summed E-state index contributed by atoms with van der Waals surface area (Å²) in [6.07, 6.45) is 0. The Balaban J connectivity index is 2.19. The average molecular weight is 445 g/mol. The number of hydrogen-bond acceptors (Lipinski definition) is 4. The number of nitrogens with zero attached hydrogens (tertiary/aromatic N) is 1. The number of aryl methyl sites for hydroxylation is 1. The third-order valence-electron chi connectivity index (χ3n) is 3.48. The Labute approximate surface area is 160 Å². The van der Waals surface area contributed by atoms with Crippen LogP contribution in [0.25, 0.3) is 0 Å². The van der Waals surface area contributed by atoms with Crippen molar-refractivity contribution >= 4 is 37.5 Å². The van der Waals surface area contributed by atoms with Gasteiger partial charge in [0.1, 0.15) is 11.6 Å². The summed E-state index contributed by atoms with van der Waals surface area (Å²) in [7, 11) is -0.744. The third-order valence-corrected chi connectivity index (χ3v) is 5.34. The summed E-state index contributed by atoms with van der Waals surface area (Å²) in [6, 6.07) is 8.22. The highest BCUT2D eigenvalue weighted by Crippen LogP contribution is 2.25. The molecule has 1 amide bonds. The molecule has 0 atom stereocenters. The highest BCUT2D eigenvalue weighted by atomic mass is 79.9. The molecule has 26 heavy (non-hydrogen) atoms. The summed E-state index contributed by atoms with van der Waals surface area (Å²) in [5.41, 5.74) is 0.387. The van der Waals surface area contributed by atoms with Gasteiger partial charge in [0.15, 0.2) is 6.61 Å². The van der Waals surface area contributed by atoms with E-state index in [4.69, 9.17) is 4.74 Å². The van der Waals surface area contributed by atoms with Crippen LogP contribution < -0.4 is 9.46 Å². The molecule has 0 fully saturated rings. The van der Waals surface area contributed by atoms with Crippen molar-refractivity contribution in [3.8, 4) is 5.75 Å². The molecule has 140 valence electrons. The van der Waals surface area contributed by atoms with Gasteiger partial charge < -0.3 is 9.64 Å². The van der Waals surface area contributed by atoms with Crippen LogP contribution in [-0.4, -0.2) is 39.9 Å². The molecule has 0 aliphatic carbocycles. The van der Waals surface area contributed by atoms with Gasteiger partial charge in [0.05, 0.1) is 10.6 Å². The lowest BCUT2D eigenvalue weighted by atomic mass is 10.2. The molecule has 0 saturated heterocycles. The summed E-state index contributed by atoms with van der Waals surface area (Å²) in [6.45, 7) is 1.51. The van der Waals surface area contributed by atoms with E-state index in [0.717, 1.165) is 0 Å². The molecule has 0 spiro atoms. The van der Waals surface area contributed by atoms with Crippen molar-refractivity contribution in [2.45, 2.75) is 11.8 Å². The quantitative estimate of drug-likeness (QED) is 0.742. The first-order valence-electron chi connectivity index (χ1n) is 7.51. The van der Waals surface area contributed by atoms with E-state index in [9.17, 15) is 17.6 Å². The zero-order chi connectivity index (χ0) is 19.5. The molecule has 1 N–H and O–H groups in total. The largest absolute Gasteiger partial charge is 0.483 e. The van der Waals surface area contributed by atoms with Gasteiger partial charge in [-0.2, -0.15) is 0 Å². The number of likely N-dealkylation sites (N-methyl/N-ethyl adjacent to an activating group) is 1. The molecule has 0 heterocycles. The molecule has 2 rings (SSSR count). The van der Waals surface area contributed by atoms with Gasteiger partial charge in [-0.05, 0) is 48.9 Å². The molecule has 2 aromatic rings. The molecule has 0 radical (unpaired) electrons. The van der Waals surface area contributed by atoms with Gasteiger partial charge in [0.2, 0.25) is 0 Å². The minimum atomic E-state index is -3.97. The highest BCUT2D eigenvalue weighted by molar-refractivity contribution is 9.10. The smallest absolute Gasteiger partial charge is 0.262 e. The van der Waals surface area contributed by atoms with Crippen molar-refractivity contribution in [1.82, 2.24) is 4.90 Å². The van der Waals surface area contributed by atoms with Crippen LogP contribution in [0.4, 0.5) is 10.1 Å². The van der Waals surface area contributed by atoms with E-state index < -0.39 is 15.8 Å². The Kier molecular flexibility index (Phi) is 6.25. The lowest BCUT2D eigenvalue weighted by Gasteiger charge is -2.14. The minimum Gasteiger partial charge on any atom is -0.483 e.